The third-order valence-electron chi connectivity index (χ3n) is 0.831. The molecule has 0 aliphatic carbocycles. The zero-order chi connectivity index (χ0) is 7.28. The maximum atomic E-state index is 9.91. The molecule has 1 unspecified atom stereocenters. The summed E-state index contributed by atoms with van der Waals surface area (Å²) in [5.41, 5.74) is 0. The molecule has 0 aromatic rings. The summed E-state index contributed by atoms with van der Waals surface area (Å²) in [6, 6.07) is 0. The van der Waals surface area contributed by atoms with E-state index in [1.165, 1.54) is 7.11 Å². The Bertz CT molecular complexity index is 94.2. The number of hydrogen-bond donors (Lipinski definition) is 0. The van der Waals surface area contributed by atoms with E-state index in [0.717, 1.165) is 0 Å². The Morgan fingerprint density at radius 3 is 2.78 bits per heavy atom. The minimum Gasteiger partial charge on any atom is -0.549 e. The third kappa shape index (κ3) is 4.24. The summed E-state index contributed by atoms with van der Waals surface area (Å²) in [5, 5.41) is 8.98. The minimum absolute atomic E-state index is 0.292. The fourth-order valence-electron chi connectivity index (χ4n) is 0.339. The number of alkyl halides is 1. The third-order valence-corrected chi connectivity index (χ3v) is 1.23. The van der Waals surface area contributed by atoms with E-state index in [2.05, 4.69) is 4.74 Å². The predicted molar refractivity (Wildman–Crippen MR) is 31.1 cm³/mol. The Hall–Kier alpha value is -0.280. The van der Waals surface area contributed by atoms with E-state index in [0.29, 0.717) is 13.0 Å². The average Bonchev–Trinajstić information content (AvgIpc) is 1.82. The van der Waals surface area contributed by atoms with Gasteiger partial charge in [0.2, 0.25) is 0 Å². The highest BCUT2D eigenvalue weighted by atomic mass is 35.5. The van der Waals surface area contributed by atoms with Gasteiger partial charge in [-0.2, -0.15) is 0 Å². The molecule has 0 N–H and O–H groups in total. The topological polar surface area (TPSA) is 49.4 Å². The molecule has 0 spiro atoms. The van der Waals surface area contributed by atoms with Crippen LogP contribution in [-0.2, 0) is 9.53 Å². The van der Waals surface area contributed by atoms with Gasteiger partial charge in [-0.05, 0) is 6.42 Å². The molecular weight excluding hydrogens is 144 g/mol. The highest BCUT2D eigenvalue weighted by Gasteiger charge is 2.02. The van der Waals surface area contributed by atoms with Crippen LogP contribution in [0.4, 0.5) is 0 Å². The number of halogens is 1. The van der Waals surface area contributed by atoms with Gasteiger partial charge < -0.3 is 14.6 Å². The van der Waals surface area contributed by atoms with Crippen molar-refractivity contribution in [2.75, 3.05) is 13.7 Å². The summed E-state index contributed by atoms with van der Waals surface area (Å²) >= 11 is 5.25. The zero-order valence-corrected chi connectivity index (χ0v) is 5.85. The van der Waals surface area contributed by atoms with E-state index in [-0.39, 0.29) is 0 Å². The summed E-state index contributed by atoms with van der Waals surface area (Å²) in [7, 11) is 1.49. The van der Waals surface area contributed by atoms with Crippen molar-refractivity contribution < 1.29 is 14.6 Å². The Labute approximate surface area is 58.6 Å². The lowest BCUT2D eigenvalue weighted by molar-refractivity contribution is -0.305. The van der Waals surface area contributed by atoms with Crippen LogP contribution in [0.3, 0.4) is 0 Å². The van der Waals surface area contributed by atoms with Gasteiger partial charge in [0.25, 0.3) is 0 Å². The number of rotatable bonds is 4. The van der Waals surface area contributed by atoms with E-state index < -0.39 is 11.3 Å². The molecule has 0 aromatic carbocycles. The van der Waals surface area contributed by atoms with Crippen molar-refractivity contribution in [2.24, 2.45) is 0 Å². The summed E-state index contributed by atoms with van der Waals surface area (Å²) in [4.78, 5) is 9.91. The molecule has 0 bridgehead atoms. The van der Waals surface area contributed by atoms with Crippen molar-refractivity contribution in [3.63, 3.8) is 0 Å². The van der Waals surface area contributed by atoms with Gasteiger partial charge in [0.05, 0.1) is 11.3 Å². The Kier molecular flexibility index (Phi) is 4.44. The monoisotopic (exact) mass is 151 g/mol. The Morgan fingerprint density at radius 1 is 1.89 bits per heavy atom. The molecule has 1 atom stereocenters. The summed E-state index contributed by atoms with van der Waals surface area (Å²) in [6.45, 7) is 0.349. The highest BCUT2D eigenvalue weighted by molar-refractivity contribution is 6.29. The fraction of sp³-hybridized carbons (Fsp3) is 0.800. The SMILES string of the molecule is COCCC(Cl)C(=O)[O-]. The Balaban J connectivity index is 3.27. The first-order chi connectivity index (χ1) is 4.18. The van der Waals surface area contributed by atoms with Crippen LogP contribution in [0.2, 0.25) is 0 Å². The molecule has 0 fully saturated rings. The molecule has 0 saturated heterocycles. The fourth-order valence-corrected chi connectivity index (χ4v) is 0.428. The minimum atomic E-state index is -1.24. The van der Waals surface area contributed by atoms with E-state index in [1.807, 2.05) is 0 Å². The highest BCUT2D eigenvalue weighted by Crippen LogP contribution is 1.99. The first kappa shape index (κ1) is 8.72. The second-order valence-electron chi connectivity index (χ2n) is 1.57. The lowest BCUT2D eigenvalue weighted by Crippen LogP contribution is -2.32. The normalized spacial score (nSPS) is 13.1. The Morgan fingerprint density at radius 2 is 2.44 bits per heavy atom. The molecule has 0 heterocycles. The van der Waals surface area contributed by atoms with Crippen LogP contribution < -0.4 is 5.11 Å². The van der Waals surface area contributed by atoms with Crippen LogP contribution in [0.25, 0.3) is 0 Å². The predicted octanol–water partition coefficient (Wildman–Crippen LogP) is -0.620. The quantitative estimate of drug-likeness (QED) is 0.504. The van der Waals surface area contributed by atoms with Gasteiger partial charge in [0.15, 0.2) is 0 Å². The first-order valence-corrected chi connectivity index (χ1v) is 2.96. The van der Waals surface area contributed by atoms with Crippen molar-refractivity contribution >= 4 is 17.6 Å². The van der Waals surface area contributed by atoms with Gasteiger partial charge in [-0.25, -0.2) is 0 Å². The van der Waals surface area contributed by atoms with Crippen LogP contribution in [0.1, 0.15) is 6.42 Å². The van der Waals surface area contributed by atoms with E-state index in [9.17, 15) is 9.90 Å². The largest absolute Gasteiger partial charge is 0.549 e. The van der Waals surface area contributed by atoms with Crippen molar-refractivity contribution in [1.82, 2.24) is 0 Å². The molecule has 0 radical (unpaired) electrons. The van der Waals surface area contributed by atoms with E-state index in [1.54, 1.807) is 0 Å². The van der Waals surface area contributed by atoms with Crippen molar-refractivity contribution in [2.45, 2.75) is 11.8 Å². The second kappa shape index (κ2) is 4.58. The number of aliphatic carboxylic acids is 1. The maximum Gasteiger partial charge on any atom is 0.0752 e. The van der Waals surface area contributed by atoms with Crippen LogP contribution >= 0.6 is 11.6 Å². The van der Waals surface area contributed by atoms with Crippen molar-refractivity contribution in [3.8, 4) is 0 Å². The number of hydrogen-bond acceptors (Lipinski definition) is 3. The molecule has 0 aliphatic rings. The molecule has 0 saturated carbocycles. The van der Waals surface area contributed by atoms with Crippen LogP contribution in [-0.4, -0.2) is 25.1 Å². The zero-order valence-electron chi connectivity index (χ0n) is 5.09. The molecule has 0 aliphatic heterocycles. The summed E-state index contributed by atoms with van der Waals surface area (Å²) < 4.78 is 4.59. The van der Waals surface area contributed by atoms with Gasteiger partial charge in [-0.3, -0.25) is 0 Å². The van der Waals surface area contributed by atoms with E-state index >= 15 is 0 Å². The molecule has 4 heteroatoms. The number of carbonyl (C=O) groups excluding carboxylic acids is 1. The average molecular weight is 152 g/mol. The summed E-state index contributed by atoms with van der Waals surface area (Å²) in [6.07, 6.45) is 0.292. The van der Waals surface area contributed by atoms with Crippen molar-refractivity contribution in [3.05, 3.63) is 0 Å². The van der Waals surface area contributed by atoms with Gasteiger partial charge >= 0.3 is 0 Å². The maximum absolute atomic E-state index is 9.91. The molecule has 3 nitrogen and oxygen atoms in total. The van der Waals surface area contributed by atoms with Crippen LogP contribution in [0.15, 0.2) is 0 Å². The van der Waals surface area contributed by atoms with Gasteiger partial charge in [0, 0.05) is 13.7 Å². The first-order valence-electron chi connectivity index (χ1n) is 2.52. The standard InChI is InChI=1S/C5H9ClO3/c1-9-3-2-4(6)5(7)8/h4H,2-3H2,1H3,(H,7,8)/p-1. The molecule has 9 heavy (non-hydrogen) atoms. The number of carboxylic acids is 1. The number of carbonyl (C=O) groups is 1. The van der Waals surface area contributed by atoms with Crippen molar-refractivity contribution in [1.29, 1.82) is 0 Å². The lowest BCUT2D eigenvalue weighted by Gasteiger charge is -2.07. The molecular formula is C5H8ClO3-. The number of ether oxygens (including phenoxy) is 1. The van der Waals surface area contributed by atoms with Crippen LogP contribution in [0.5, 0.6) is 0 Å². The van der Waals surface area contributed by atoms with Gasteiger partial charge in [0.1, 0.15) is 0 Å². The number of carboxylic acid groups (broad SMARTS) is 1. The molecule has 0 rings (SSSR count). The van der Waals surface area contributed by atoms with Gasteiger partial charge in [-0.15, -0.1) is 11.6 Å². The smallest absolute Gasteiger partial charge is 0.0752 e. The molecule has 0 aromatic heterocycles. The van der Waals surface area contributed by atoms with Gasteiger partial charge in [-0.1, -0.05) is 0 Å². The van der Waals surface area contributed by atoms with Crippen LogP contribution in [0, 0.1) is 0 Å². The molecule has 54 valence electrons. The summed E-state index contributed by atoms with van der Waals surface area (Å²) in [5.74, 6) is -1.24. The number of methoxy groups -OCH3 is 1. The second-order valence-corrected chi connectivity index (χ2v) is 2.09. The molecule has 0 amide bonds. The lowest BCUT2D eigenvalue weighted by atomic mass is 10.3. The van der Waals surface area contributed by atoms with E-state index in [4.69, 9.17) is 11.6 Å².